The number of hydrogen-bond acceptors (Lipinski definition) is 3. The van der Waals surface area contributed by atoms with Crippen LogP contribution in [-0.4, -0.2) is 19.4 Å². The van der Waals surface area contributed by atoms with Gasteiger partial charge in [0.05, 0.1) is 5.56 Å². The van der Waals surface area contributed by atoms with Crippen molar-refractivity contribution in [2.45, 2.75) is 19.6 Å². The zero-order valence-electron chi connectivity index (χ0n) is 9.07. The Morgan fingerprint density at radius 2 is 2.00 bits per heavy atom. The highest BCUT2D eigenvalue weighted by Gasteiger charge is 2.17. The minimum atomic E-state index is -1.71. The Morgan fingerprint density at radius 1 is 1.40 bits per heavy atom. The van der Waals surface area contributed by atoms with E-state index in [4.69, 9.17) is 15.3 Å². The predicted octanol–water partition coefficient (Wildman–Crippen LogP) is 2.18. The molecule has 15 heavy (non-hydrogen) atoms. The van der Waals surface area contributed by atoms with Crippen LogP contribution in [-0.2, 0) is 0 Å². The summed E-state index contributed by atoms with van der Waals surface area (Å²) < 4.78 is 5.67. The summed E-state index contributed by atoms with van der Waals surface area (Å²) >= 11 is 0. The maximum atomic E-state index is 10.8. The monoisotopic (exact) mass is 225 g/mol. The maximum absolute atomic E-state index is 10.8. The van der Waals surface area contributed by atoms with Crippen LogP contribution in [0.25, 0.3) is 0 Å². The molecule has 0 heterocycles. The molecule has 0 unspecified atom stereocenters. The summed E-state index contributed by atoms with van der Waals surface area (Å²) in [5.74, 6) is -0.464. The van der Waals surface area contributed by atoms with Gasteiger partial charge in [-0.25, -0.2) is 4.79 Å². The van der Waals surface area contributed by atoms with E-state index in [1.807, 2.05) is 19.6 Å². The van der Waals surface area contributed by atoms with Crippen LogP contribution in [0.1, 0.15) is 10.4 Å². The van der Waals surface area contributed by atoms with E-state index in [1.54, 1.807) is 12.1 Å². The second-order valence-corrected chi connectivity index (χ2v) is 8.70. The molecule has 4 nitrogen and oxygen atoms in total. The van der Waals surface area contributed by atoms with Crippen LogP contribution in [0.2, 0.25) is 19.6 Å². The van der Waals surface area contributed by atoms with Gasteiger partial charge in [0.15, 0.2) is 0 Å². The first-order valence-electron chi connectivity index (χ1n) is 4.61. The third-order valence-electron chi connectivity index (χ3n) is 1.68. The minimum absolute atomic E-state index is 0.0887. The Bertz CT molecular complexity index is 385. The van der Waals surface area contributed by atoms with Crippen LogP contribution in [0.4, 0.5) is 5.69 Å². The molecular formula is C10H15NO3Si. The van der Waals surface area contributed by atoms with Crippen LogP contribution < -0.4 is 10.2 Å². The van der Waals surface area contributed by atoms with E-state index >= 15 is 0 Å². The Labute approximate surface area is 89.8 Å². The number of aromatic carboxylic acids is 1. The first kappa shape index (κ1) is 11.6. The molecule has 0 aliphatic rings. The topological polar surface area (TPSA) is 72.5 Å². The molecule has 82 valence electrons. The van der Waals surface area contributed by atoms with E-state index in [-0.39, 0.29) is 11.3 Å². The van der Waals surface area contributed by atoms with Gasteiger partial charge in [-0.2, -0.15) is 0 Å². The normalized spacial score (nSPS) is 11.1. The lowest BCUT2D eigenvalue weighted by Gasteiger charge is -2.19. The average Bonchev–Trinajstić information content (AvgIpc) is 2.05. The standard InChI is InChI=1S/C10H15NO3Si/c1-15(2,3)14-7-4-5-9(11)8(6-7)10(12)13/h4-6H,11H2,1-3H3,(H,12,13). The van der Waals surface area contributed by atoms with E-state index in [0.29, 0.717) is 5.75 Å². The fourth-order valence-corrected chi connectivity index (χ4v) is 1.97. The van der Waals surface area contributed by atoms with E-state index < -0.39 is 14.3 Å². The van der Waals surface area contributed by atoms with Crippen LogP contribution in [0.3, 0.4) is 0 Å². The van der Waals surface area contributed by atoms with Crippen molar-refractivity contribution in [3.63, 3.8) is 0 Å². The lowest BCUT2D eigenvalue weighted by Crippen LogP contribution is -2.29. The van der Waals surface area contributed by atoms with Crippen molar-refractivity contribution in [3.8, 4) is 5.75 Å². The van der Waals surface area contributed by atoms with Crippen molar-refractivity contribution in [2.24, 2.45) is 0 Å². The Balaban J connectivity index is 3.03. The minimum Gasteiger partial charge on any atom is -0.544 e. The highest BCUT2D eigenvalue weighted by atomic mass is 28.4. The van der Waals surface area contributed by atoms with Crippen LogP contribution >= 0.6 is 0 Å². The molecule has 0 fully saturated rings. The Hall–Kier alpha value is -1.49. The highest BCUT2D eigenvalue weighted by molar-refractivity contribution is 6.70. The number of nitrogen functional groups attached to an aromatic ring is 1. The number of carbonyl (C=O) groups is 1. The van der Waals surface area contributed by atoms with E-state index in [2.05, 4.69) is 0 Å². The molecule has 5 heteroatoms. The summed E-state index contributed by atoms with van der Waals surface area (Å²) in [5, 5.41) is 8.86. The molecule has 0 radical (unpaired) electrons. The van der Waals surface area contributed by atoms with Crippen molar-refractivity contribution in [2.75, 3.05) is 5.73 Å². The summed E-state index contributed by atoms with van der Waals surface area (Å²) in [6.07, 6.45) is 0. The summed E-state index contributed by atoms with van der Waals surface area (Å²) in [5.41, 5.74) is 5.87. The van der Waals surface area contributed by atoms with Gasteiger partial charge in [0.2, 0.25) is 8.32 Å². The van der Waals surface area contributed by atoms with Crippen LogP contribution in [0.5, 0.6) is 5.75 Å². The van der Waals surface area contributed by atoms with E-state index in [1.165, 1.54) is 6.07 Å². The smallest absolute Gasteiger partial charge is 0.337 e. The summed E-state index contributed by atoms with van der Waals surface area (Å²) in [4.78, 5) is 10.8. The van der Waals surface area contributed by atoms with Crippen LogP contribution in [0.15, 0.2) is 18.2 Å². The molecule has 1 aromatic rings. The highest BCUT2D eigenvalue weighted by Crippen LogP contribution is 2.22. The number of carboxylic acids is 1. The molecule has 0 amide bonds. The van der Waals surface area contributed by atoms with Crippen molar-refractivity contribution in [1.29, 1.82) is 0 Å². The van der Waals surface area contributed by atoms with Crippen molar-refractivity contribution >= 4 is 20.0 Å². The zero-order valence-corrected chi connectivity index (χ0v) is 10.1. The maximum Gasteiger partial charge on any atom is 0.337 e. The SMILES string of the molecule is C[Si](C)(C)Oc1ccc(N)c(C(=O)O)c1. The predicted molar refractivity (Wildman–Crippen MR) is 61.8 cm³/mol. The molecule has 0 aromatic heterocycles. The number of benzene rings is 1. The zero-order chi connectivity index (χ0) is 11.6. The van der Waals surface area contributed by atoms with E-state index in [0.717, 1.165) is 0 Å². The summed E-state index contributed by atoms with van der Waals surface area (Å²) in [6.45, 7) is 6.09. The van der Waals surface area contributed by atoms with E-state index in [9.17, 15) is 4.79 Å². The molecule has 0 saturated heterocycles. The fourth-order valence-electron chi connectivity index (χ4n) is 1.14. The van der Waals surface area contributed by atoms with Gasteiger partial charge >= 0.3 is 5.97 Å². The molecule has 0 aliphatic carbocycles. The molecule has 3 N–H and O–H groups in total. The largest absolute Gasteiger partial charge is 0.544 e. The van der Waals surface area contributed by atoms with Gasteiger partial charge in [-0.05, 0) is 37.8 Å². The lowest BCUT2D eigenvalue weighted by atomic mass is 10.2. The second kappa shape index (κ2) is 3.94. The summed E-state index contributed by atoms with van der Waals surface area (Å²) in [7, 11) is -1.71. The first-order valence-corrected chi connectivity index (χ1v) is 8.02. The summed E-state index contributed by atoms with van der Waals surface area (Å²) in [6, 6.07) is 4.72. The molecule has 1 aromatic carbocycles. The number of rotatable bonds is 3. The van der Waals surface area contributed by atoms with Gasteiger partial charge < -0.3 is 15.3 Å². The lowest BCUT2D eigenvalue weighted by molar-refractivity contribution is 0.0697. The van der Waals surface area contributed by atoms with Gasteiger partial charge in [0, 0.05) is 5.69 Å². The van der Waals surface area contributed by atoms with Gasteiger partial charge in [0.25, 0.3) is 0 Å². The fraction of sp³-hybridized carbons (Fsp3) is 0.300. The molecule has 0 spiro atoms. The molecule has 0 saturated carbocycles. The van der Waals surface area contributed by atoms with Gasteiger partial charge in [-0.3, -0.25) is 0 Å². The molecule has 1 rings (SSSR count). The first-order chi connectivity index (χ1) is 6.79. The van der Waals surface area contributed by atoms with Crippen LogP contribution in [0, 0.1) is 0 Å². The number of anilines is 1. The van der Waals surface area contributed by atoms with Gasteiger partial charge in [-0.1, -0.05) is 0 Å². The van der Waals surface area contributed by atoms with Crippen molar-refractivity contribution in [3.05, 3.63) is 23.8 Å². The third kappa shape index (κ3) is 3.28. The molecular weight excluding hydrogens is 210 g/mol. The number of hydrogen-bond donors (Lipinski definition) is 2. The Morgan fingerprint density at radius 3 is 2.47 bits per heavy atom. The van der Waals surface area contributed by atoms with Gasteiger partial charge in [-0.15, -0.1) is 0 Å². The van der Waals surface area contributed by atoms with Gasteiger partial charge in [0.1, 0.15) is 5.75 Å². The molecule has 0 atom stereocenters. The van der Waals surface area contributed by atoms with Crippen molar-refractivity contribution < 1.29 is 14.3 Å². The van der Waals surface area contributed by atoms with Crippen molar-refractivity contribution in [1.82, 2.24) is 0 Å². The second-order valence-electron chi connectivity index (χ2n) is 4.27. The molecule has 0 aliphatic heterocycles. The number of carboxylic acid groups (broad SMARTS) is 1. The number of nitrogens with two attached hydrogens (primary N) is 1. The Kier molecular flexibility index (Phi) is 3.04. The quantitative estimate of drug-likeness (QED) is 0.611. The average molecular weight is 225 g/mol. The third-order valence-corrected chi connectivity index (χ3v) is 2.53. The molecule has 0 bridgehead atoms.